The molecule has 18 heavy (non-hydrogen) atoms. The summed E-state index contributed by atoms with van der Waals surface area (Å²) in [7, 11) is 1.55. The molecule has 0 aliphatic heterocycles. The largest absolute Gasteiger partial charge is 0.463 e. The Bertz CT molecular complexity index is 307. The lowest BCUT2D eigenvalue weighted by Crippen LogP contribution is -2.28. The van der Waals surface area contributed by atoms with E-state index >= 15 is 0 Å². The molecule has 0 heterocycles. The molecule has 0 aromatic carbocycles. The van der Waals surface area contributed by atoms with Crippen molar-refractivity contribution in [3.63, 3.8) is 0 Å². The van der Waals surface area contributed by atoms with E-state index < -0.39 is 6.10 Å². The highest BCUT2D eigenvalue weighted by molar-refractivity contribution is 5.87. The highest BCUT2D eigenvalue weighted by Gasteiger charge is 2.18. The number of ether oxygens (including phenoxy) is 2. The maximum Gasteiger partial charge on any atom is 0.333 e. The second-order valence-electron chi connectivity index (χ2n) is 4.25. The van der Waals surface area contributed by atoms with Crippen LogP contribution in [0.5, 0.6) is 0 Å². The van der Waals surface area contributed by atoms with Crippen molar-refractivity contribution in [1.82, 2.24) is 0 Å². The molecule has 0 rings (SSSR count). The molecule has 0 aromatic rings. The van der Waals surface area contributed by atoms with Gasteiger partial charge in [-0.2, -0.15) is 0 Å². The molecular formula is C14H24O4. The van der Waals surface area contributed by atoms with Gasteiger partial charge in [0, 0.05) is 12.7 Å². The smallest absolute Gasteiger partial charge is 0.333 e. The maximum atomic E-state index is 11.3. The van der Waals surface area contributed by atoms with E-state index in [2.05, 4.69) is 6.58 Å². The lowest BCUT2D eigenvalue weighted by molar-refractivity contribution is -0.138. The Morgan fingerprint density at radius 3 is 2.50 bits per heavy atom. The van der Waals surface area contributed by atoms with E-state index in [0.29, 0.717) is 30.6 Å². The summed E-state index contributed by atoms with van der Waals surface area (Å²) in [6.45, 7) is 9.32. The molecule has 2 atom stereocenters. The van der Waals surface area contributed by atoms with E-state index in [9.17, 15) is 9.90 Å². The van der Waals surface area contributed by atoms with Gasteiger partial charge in [-0.1, -0.05) is 12.7 Å². The number of allylic oxidation sites excluding steroid dienone is 1. The van der Waals surface area contributed by atoms with E-state index in [4.69, 9.17) is 9.47 Å². The summed E-state index contributed by atoms with van der Waals surface area (Å²) in [6.07, 6.45) is 2.10. The fourth-order valence-electron chi connectivity index (χ4n) is 1.51. The minimum absolute atomic E-state index is 0.297. The van der Waals surface area contributed by atoms with Crippen LogP contribution in [-0.2, 0) is 14.3 Å². The summed E-state index contributed by atoms with van der Waals surface area (Å²) in [6, 6.07) is 0. The zero-order valence-electron chi connectivity index (χ0n) is 11.7. The van der Waals surface area contributed by atoms with Crippen molar-refractivity contribution < 1.29 is 19.4 Å². The van der Waals surface area contributed by atoms with Crippen molar-refractivity contribution in [3.05, 3.63) is 23.8 Å². The van der Waals surface area contributed by atoms with Crippen LogP contribution in [0.4, 0.5) is 0 Å². The molecule has 104 valence electrons. The Morgan fingerprint density at radius 2 is 2.06 bits per heavy atom. The quantitative estimate of drug-likeness (QED) is 0.411. The van der Waals surface area contributed by atoms with Crippen molar-refractivity contribution in [3.8, 4) is 0 Å². The minimum Gasteiger partial charge on any atom is -0.463 e. The number of rotatable bonds is 8. The number of carbonyl (C=O) groups is 1. The molecule has 0 saturated heterocycles. The molecule has 0 radical (unpaired) electrons. The van der Waals surface area contributed by atoms with E-state index in [1.54, 1.807) is 34.0 Å². The third-order valence-electron chi connectivity index (χ3n) is 2.66. The summed E-state index contributed by atoms with van der Waals surface area (Å²) >= 11 is 0. The molecule has 0 saturated carbocycles. The van der Waals surface area contributed by atoms with Crippen molar-refractivity contribution in [2.45, 2.75) is 45.8 Å². The SMILES string of the molecule is C=C(C)[C@H](O)[C@H](CC/C=C(\C)C(=O)OCC)OC. The number of aliphatic hydroxyl groups excluding tert-OH is 1. The molecule has 1 N–H and O–H groups in total. The van der Waals surface area contributed by atoms with Crippen LogP contribution in [0.25, 0.3) is 0 Å². The molecule has 0 aliphatic rings. The van der Waals surface area contributed by atoms with Crippen LogP contribution in [0.3, 0.4) is 0 Å². The number of aliphatic hydroxyl groups is 1. The van der Waals surface area contributed by atoms with Gasteiger partial charge < -0.3 is 14.6 Å². The predicted octanol–water partition coefficient (Wildman–Crippen LogP) is 2.23. The molecule has 0 bridgehead atoms. The highest BCUT2D eigenvalue weighted by atomic mass is 16.5. The summed E-state index contributed by atoms with van der Waals surface area (Å²) in [4.78, 5) is 11.3. The van der Waals surface area contributed by atoms with Gasteiger partial charge in [0.2, 0.25) is 0 Å². The summed E-state index contributed by atoms with van der Waals surface area (Å²) < 4.78 is 10.1. The molecule has 0 fully saturated rings. The van der Waals surface area contributed by atoms with Gasteiger partial charge in [0.05, 0.1) is 12.7 Å². The third-order valence-corrected chi connectivity index (χ3v) is 2.66. The van der Waals surface area contributed by atoms with Gasteiger partial charge in [0.25, 0.3) is 0 Å². The molecule has 4 heteroatoms. The number of hydrogen-bond acceptors (Lipinski definition) is 4. The predicted molar refractivity (Wildman–Crippen MR) is 71.2 cm³/mol. The van der Waals surface area contributed by atoms with E-state index in [0.717, 1.165) is 0 Å². The fraction of sp³-hybridized carbons (Fsp3) is 0.643. The van der Waals surface area contributed by atoms with Gasteiger partial charge in [0.1, 0.15) is 6.10 Å². The first-order valence-electron chi connectivity index (χ1n) is 6.14. The van der Waals surface area contributed by atoms with Gasteiger partial charge in [-0.15, -0.1) is 0 Å². The summed E-state index contributed by atoms with van der Waals surface area (Å²) in [5, 5.41) is 9.81. The number of carbonyl (C=O) groups excluding carboxylic acids is 1. The normalized spacial score (nSPS) is 15.1. The van der Waals surface area contributed by atoms with Crippen molar-refractivity contribution >= 4 is 5.97 Å². The van der Waals surface area contributed by atoms with Crippen LogP contribution in [0.1, 0.15) is 33.6 Å². The number of hydrogen-bond donors (Lipinski definition) is 1. The van der Waals surface area contributed by atoms with Crippen LogP contribution >= 0.6 is 0 Å². The van der Waals surface area contributed by atoms with Gasteiger partial charge in [-0.3, -0.25) is 0 Å². The average Bonchev–Trinajstić information content (AvgIpc) is 2.33. The van der Waals surface area contributed by atoms with Crippen molar-refractivity contribution in [1.29, 1.82) is 0 Å². The first kappa shape index (κ1) is 16.9. The topological polar surface area (TPSA) is 55.8 Å². The minimum atomic E-state index is -0.675. The zero-order chi connectivity index (χ0) is 14.1. The second kappa shape index (κ2) is 8.89. The average molecular weight is 256 g/mol. The molecule has 4 nitrogen and oxygen atoms in total. The fourth-order valence-corrected chi connectivity index (χ4v) is 1.51. The summed E-state index contributed by atoms with van der Waals surface area (Å²) in [5.41, 5.74) is 1.25. The molecule has 0 spiro atoms. The second-order valence-corrected chi connectivity index (χ2v) is 4.25. The standard InChI is InChI=1S/C14H24O4/c1-6-18-14(16)11(4)8-7-9-12(17-5)13(15)10(2)3/h8,12-13,15H,2,6-7,9H2,1,3-5H3/b11-8+/t12-,13-/m0/s1. The molecule has 0 unspecified atom stereocenters. The van der Waals surface area contributed by atoms with E-state index in [1.807, 2.05) is 0 Å². The van der Waals surface area contributed by atoms with Gasteiger partial charge in [-0.05, 0) is 39.2 Å². The Labute approximate surface area is 109 Å². The third kappa shape index (κ3) is 5.98. The van der Waals surface area contributed by atoms with Crippen LogP contribution in [-0.4, -0.2) is 37.0 Å². The Morgan fingerprint density at radius 1 is 1.44 bits per heavy atom. The Balaban J connectivity index is 4.26. The first-order valence-corrected chi connectivity index (χ1v) is 6.14. The van der Waals surface area contributed by atoms with Gasteiger partial charge >= 0.3 is 5.97 Å². The molecule has 0 aromatic heterocycles. The number of methoxy groups -OCH3 is 1. The molecular weight excluding hydrogens is 232 g/mol. The lowest BCUT2D eigenvalue weighted by atomic mass is 10.0. The maximum absolute atomic E-state index is 11.3. The lowest BCUT2D eigenvalue weighted by Gasteiger charge is -2.21. The highest BCUT2D eigenvalue weighted by Crippen LogP contribution is 2.13. The van der Waals surface area contributed by atoms with Gasteiger partial charge in [-0.25, -0.2) is 4.79 Å². The Hall–Kier alpha value is -1.13. The van der Waals surface area contributed by atoms with Crippen LogP contribution < -0.4 is 0 Å². The summed E-state index contributed by atoms with van der Waals surface area (Å²) in [5.74, 6) is -0.299. The van der Waals surface area contributed by atoms with Crippen LogP contribution in [0.2, 0.25) is 0 Å². The van der Waals surface area contributed by atoms with Gasteiger partial charge in [0.15, 0.2) is 0 Å². The van der Waals surface area contributed by atoms with Crippen LogP contribution in [0.15, 0.2) is 23.8 Å². The van der Waals surface area contributed by atoms with Crippen molar-refractivity contribution in [2.24, 2.45) is 0 Å². The van der Waals surface area contributed by atoms with Crippen LogP contribution in [0, 0.1) is 0 Å². The molecule has 0 amide bonds. The van der Waals surface area contributed by atoms with E-state index in [1.165, 1.54) is 0 Å². The van der Waals surface area contributed by atoms with E-state index in [-0.39, 0.29) is 12.1 Å². The first-order chi connectivity index (χ1) is 8.43. The molecule has 0 aliphatic carbocycles. The Kier molecular flexibility index (Phi) is 8.33. The number of esters is 1. The monoisotopic (exact) mass is 256 g/mol. The van der Waals surface area contributed by atoms with Crippen molar-refractivity contribution in [2.75, 3.05) is 13.7 Å². The zero-order valence-corrected chi connectivity index (χ0v) is 11.7.